The summed E-state index contributed by atoms with van der Waals surface area (Å²) in [7, 11) is 1.65. The van der Waals surface area contributed by atoms with Gasteiger partial charge >= 0.3 is 0 Å². The smallest absolute Gasteiger partial charge is 0.140 e. The minimum Gasteiger partial charge on any atom is -0.497 e. The van der Waals surface area contributed by atoms with Gasteiger partial charge in [0.05, 0.1) is 13.7 Å². The molecular formula is C24H19N3O. The molecule has 28 heavy (non-hydrogen) atoms. The Kier molecular flexibility index (Phi) is 5.17. The molecule has 4 heteroatoms. The first-order valence-corrected chi connectivity index (χ1v) is 9.02. The number of nitrogens with zero attached hydrogens (tertiary/aromatic N) is 3. The molecule has 4 rings (SSSR count). The van der Waals surface area contributed by atoms with E-state index in [0.29, 0.717) is 6.54 Å². The van der Waals surface area contributed by atoms with E-state index in [9.17, 15) is 0 Å². The Balaban J connectivity index is 1.74. The molecule has 4 aromatic rings. The van der Waals surface area contributed by atoms with E-state index in [0.717, 1.165) is 33.8 Å². The fourth-order valence-electron chi connectivity index (χ4n) is 2.90. The third-order valence-corrected chi connectivity index (χ3v) is 4.37. The summed E-state index contributed by atoms with van der Waals surface area (Å²) in [6.07, 6.45) is 0. The molecule has 0 fully saturated rings. The van der Waals surface area contributed by atoms with Gasteiger partial charge in [0.2, 0.25) is 0 Å². The van der Waals surface area contributed by atoms with E-state index in [1.807, 2.05) is 77.5 Å². The first-order chi connectivity index (χ1) is 13.8. The molecular weight excluding hydrogens is 346 g/mol. The Hall–Kier alpha value is -3.84. The van der Waals surface area contributed by atoms with Gasteiger partial charge in [-0.05, 0) is 35.7 Å². The highest BCUT2D eigenvalue weighted by atomic mass is 16.5. The third kappa shape index (κ3) is 3.94. The second-order valence-electron chi connectivity index (χ2n) is 6.27. The number of aromatic nitrogens is 3. The van der Waals surface area contributed by atoms with Crippen molar-refractivity contribution in [2.24, 2.45) is 0 Å². The van der Waals surface area contributed by atoms with Crippen LogP contribution in [0.1, 0.15) is 16.8 Å². The Morgan fingerprint density at radius 1 is 0.821 bits per heavy atom. The molecule has 1 heterocycles. The highest BCUT2D eigenvalue weighted by molar-refractivity contribution is 5.65. The molecule has 0 saturated heterocycles. The van der Waals surface area contributed by atoms with Gasteiger partial charge in [0, 0.05) is 11.1 Å². The average molecular weight is 365 g/mol. The van der Waals surface area contributed by atoms with Crippen molar-refractivity contribution in [1.29, 1.82) is 0 Å². The maximum Gasteiger partial charge on any atom is 0.140 e. The van der Waals surface area contributed by atoms with Gasteiger partial charge in [0.25, 0.3) is 0 Å². The van der Waals surface area contributed by atoms with Crippen LogP contribution in [0.5, 0.6) is 5.75 Å². The Morgan fingerprint density at radius 3 is 2.18 bits per heavy atom. The van der Waals surface area contributed by atoms with Gasteiger partial charge in [-0.2, -0.15) is 0 Å². The summed E-state index contributed by atoms with van der Waals surface area (Å²) >= 11 is 0. The van der Waals surface area contributed by atoms with E-state index in [2.05, 4.69) is 34.3 Å². The van der Waals surface area contributed by atoms with Crippen molar-refractivity contribution in [3.05, 3.63) is 102 Å². The second-order valence-corrected chi connectivity index (χ2v) is 6.27. The van der Waals surface area contributed by atoms with Crippen molar-refractivity contribution in [3.63, 3.8) is 0 Å². The number of rotatable bonds is 4. The minimum atomic E-state index is 0.618. The molecule has 0 bridgehead atoms. The van der Waals surface area contributed by atoms with Crippen molar-refractivity contribution >= 4 is 0 Å². The molecule has 0 radical (unpaired) electrons. The summed E-state index contributed by atoms with van der Waals surface area (Å²) in [6.45, 7) is 0.618. The highest BCUT2D eigenvalue weighted by Gasteiger charge is 2.13. The molecule has 0 amide bonds. The van der Waals surface area contributed by atoms with Crippen molar-refractivity contribution < 1.29 is 4.74 Å². The van der Waals surface area contributed by atoms with E-state index >= 15 is 0 Å². The number of hydrogen-bond donors (Lipinski definition) is 0. The maximum atomic E-state index is 5.21. The van der Waals surface area contributed by atoms with Crippen molar-refractivity contribution in [3.8, 4) is 28.8 Å². The number of methoxy groups -OCH3 is 1. The second kappa shape index (κ2) is 8.24. The quantitative estimate of drug-likeness (QED) is 0.503. The molecule has 3 aromatic carbocycles. The monoisotopic (exact) mass is 365 g/mol. The SMILES string of the molecule is COc1ccc(C#Cc2c(-c3ccccc3)nnn2Cc2ccccc2)cc1. The summed E-state index contributed by atoms with van der Waals surface area (Å²) in [5.74, 6) is 7.32. The van der Waals surface area contributed by atoms with Crippen LogP contribution in [0.4, 0.5) is 0 Å². The summed E-state index contributed by atoms with van der Waals surface area (Å²) in [4.78, 5) is 0. The van der Waals surface area contributed by atoms with Crippen LogP contribution in [0.25, 0.3) is 11.3 Å². The summed E-state index contributed by atoms with van der Waals surface area (Å²) in [5, 5.41) is 8.78. The van der Waals surface area contributed by atoms with Crippen LogP contribution < -0.4 is 4.74 Å². The molecule has 0 atom stereocenters. The van der Waals surface area contributed by atoms with Crippen LogP contribution in [0.2, 0.25) is 0 Å². The molecule has 0 aliphatic heterocycles. The predicted molar refractivity (Wildman–Crippen MR) is 110 cm³/mol. The molecule has 1 aromatic heterocycles. The van der Waals surface area contributed by atoms with Crippen LogP contribution in [-0.2, 0) is 6.54 Å². The van der Waals surface area contributed by atoms with Crippen LogP contribution in [0.15, 0.2) is 84.9 Å². The van der Waals surface area contributed by atoms with Gasteiger partial charge in [0.15, 0.2) is 0 Å². The molecule has 0 unspecified atom stereocenters. The van der Waals surface area contributed by atoms with E-state index in [4.69, 9.17) is 4.74 Å². The Bertz CT molecular complexity index is 1110. The standard InChI is InChI=1S/C24H19N3O/c1-28-22-15-12-19(13-16-22)14-17-23-24(21-10-6-3-7-11-21)25-26-27(23)18-20-8-4-2-5-9-20/h2-13,15-16H,18H2,1H3. The zero-order valence-corrected chi connectivity index (χ0v) is 15.5. The van der Waals surface area contributed by atoms with E-state index in [1.165, 1.54) is 0 Å². The van der Waals surface area contributed by atoms with Gasteiger partial charge in [-0.15, -0.1) is 5.10 Å². The molecule has 0 saturated carbocycles. The number of benzene rings is 3. The topological polar surface area (TPSA) is 39.9 Å². The number of ether oxygens (including phenoxy) is 1. The van der Waals surface area contributed by atoms with Crippen molar-refractivity contribution in [2.45, 2.75) is 6.54 Å². The summed E-state index contributed by atoms with van der Waals surface area (Å²) in [5.41, 5.74) is 4.65. The lowest BCUT2D eigenvalue weighted by Gasteiger charge is -2.04. The first-order valence-electron chi connectivity index (χ1n) is 9.02. The summed E-state index contributed by atoms with van der Waals surface area (Å²) in [6, 6.07) is 27.9. The van der Waals surface area contributed by atoms with Crippen LogP contribution in [-0.4, -0.2) is 22.1 Å². The van der Waals surface area contributed by atoms with Gasteiger partial charge < -0.3 is 4.74 Å². The third-order valence-electron chi connectivity index (χ3n) is 4.37. The van der Waals surface area contributed by atoms with Crippen molar-refractivity contribution in [1.82, 2.24) is 15.0 Å². The Morgan fingerprint density at radius 2 is 1.50 bits per heavy atom. The lowest BCUT2D eigenvalue weighted by Crippen LogP contribution is -2.04. The zero-order chi connectivity index (χ0) is 19.2. The van der Waals surface area contributed by atoms with Gasteiger partial charge in [0.1, 0.15) is 17.1 Å². The van der Waals surface area contributed by atoms with Crippen LogP contribution >= 0.6 is 0 Å². The minimum absolute atomic E-state index is 0.618. The molecule has 0 N–H and O–H groups in total. The summed E-state index contributed by atoms with van der Waals surface area (Å²) < 4.78 is 7.07. The fourth-order valence-corrected chi connectivity index (χ4v) is 2.90. The largest absolute Gasteiger partial charge is 0.497 e. The average Bonchev–Trinajstić information content (AvgIpc) is 3.16. The molecule has 4 nitrogen and oxygen atoms in total. The van der Waals surface area contributed by atoms with Crippen LogP contribution in [0, 0.1) is 11.8 Å². The van der Waals surface area contributed by atoms with E-state index in [-0.39, 0.29) is 0 Å². The molecule has 0 aliphatic rings. The van der Waals surface area contributed by atoms with Crippen molar-refractivity contribution in [2.75, 3.05) is 7.11 Å². The zero-order valence-electron chi connectivity index (χ0n) is 15.5. The first kappa shape index (κ1) is 17.6. The van der Waals surface area contributed by atoms with Gasteiger partial charge in [-0.1, -0.05) is 71.8 Å². The predicted octanol–water partition coefficient (Wildman–Crippen LogP) is 4.40. The fraction of sp³-hybridized carbons (Fsp3) is 0.0833. The highest BCUT2D eigenvalue weighted by Crippen LogP contribution is 2.21. The van der Waals surface area contributed by atoms with Gasteiger partial charge in [-0.3, -0.25) is 0 Å². The maximum absolute atomic E-state index is 5.21. The molecule has 0 aliphatic carbocycles. The Labute approximate surface area is 164 Å². The van der Waals surface area contributed by atoms with E-state index in [1.54, 1.807) is 7.11 Å². The normalized spacial score (nSPS) is 10.2. The van der Waals surface area contributed by atoms with Crippen LogP contribution in [0.3, 0.4) is 0 Å². The van der Waals surface area contributed by atoms with Gasteiger partial charge in [-0.25, -0.2) is 4.68 Å². The lowest BCUT2D eigenvalue weighted by molar-refractivity contribution is 0.415. The molecule has 0 spiro atoms. The molecule has 136 valence electrons. The lowest BCUT2D eigenvalue weighted by atomic mass is 10.1. The van der Waals surface area contributed by atoms with E-state index < -0.39 is 0 Å². The number of hydrogen-bond acceptors (Lipinski definition) is 3.